The van der Waals surface area contributed by atoms with Gasteiger partial charge in [-0.15, -0.1) is 0 Å². The number of rotatable bonds is 4. The fraction of sp³-hybridized carbons (Fsp3) is 0.457. The van der Waals surface area contributed by atoms with Crippen molar-refractivity contribution in [2.45, 2.75) is 112 Å². The minimum atomic E-state index is -0.214. The summed E-state index contributed by atoms with van der Waals surface area (Å²) in [6.07, 6.45) is 10.7. The second-order valence-corrected chi connectivity index (χ2v) is 18.4. The molecule has 4 fully saturated rings. The van der Waals surface area contributed by atoms with Crippen LogP contribution in [0.15, 0.2) is 76.3 Å². The van der Waals surface area contributed by atoms with Crippen LogP contribution < -0.4 is 4.98 Å². The number of aromatic hydroxyl groups is 1. The molecule has 264 valence electrons. The molecule has 0 radical (unpaired) electrons. The maximum Gasteiger partial charge on any atom is 0.122 e. The number of hydrogen-bond donors (Lipinski definition) is 1. The van der Waals surface area contributed by atoms with Gasteiger partial charge in [-0.3, -0.25) is 0 Å². The molecule has 1 heterocycles. The van der Waals surface area contributed by atoms with Gasteiger partial charge in [-0.2, -0.15) is 11.4 Å². The van der Waals surface area contributed by atoms with Crippen molar-refractivity contribution in [1.82, 2.24) is 4.98 Å². The summed E-state index contributed by atoms with van der Waals surface area (Å²) < 4.78 is 7.80. The Kier molecular flexibility index (Phi) is 11.1. The summed E-state index contributed by atoms with van der Waals surface area (Å²) in [7, 11) is 0. The van der Waals surface area contributed by atoms with E-state index in [2.05, 4.69) is 98.6 Å². The Morgan fingerprint density at radius 1 is 0.720 bits per heavy atom. The SMILES string of the molecule is CC(C)(C)[CH]=[Mo]=[N]C12CC3CC(CC(C3)C1)C2.Cc1cc2ccccc2c(CCc2c(O)c(C)cc3ccccc23)c1C.Cc1ccc(C)[n-]1. The van der Waals surface area contributed by atoms with E-state index in [4.69, 9.17) is 3.50 Å². The third kappa shape index (κ3) is 8.64. The van der Waals surface area contributed by atoms with Crippen LogP contribution in [-0.2, 0) is 30.8 Å². The van der Waals surface area contributed by atoms with Crippen LogP contribution in [0.3, 0.4) is 0 Å². The van der Waals surface area contributed by atoms with E-state index < -0.39 is 0 Å². The van der Waals surface area contributed by atoms with Gasteiger partial charge in [-0.05, 0) is 83.5 Å². The Hall–Kier alpha value is -3.16. The molecule has 0 unspecified atom stereocenters. The van der Waals surface area contributed by atoms with Crippen LogP contribution in [0.5, 0.6) is 5.75 Å². The summed E-state index contributed by atoms with van der Waals surface area (Å²) in [4.78, 5) is 4.11. The molecule has 4 aliphatic rings. The molecular formula is C46H57MoN2O-. The number of aryl methyl sites for hydroxylation is 6. The first-order valence-corrected chi connectivity index (χ1v) is 20.8. The summed E-state index contributed by atoms with van der Waals surface area (Å²) in [5.74, 6) is 3.59. The van der Waals surface area contributed by atoms with E-state index in [9.17, 15) is 5.11 Å². The summed E-state index contributed by atoms with van der Waals surface area (Å²) >= 11 is -0.214. The second kappa shape index (κ2) is 15.2. The van der Waals surface area contributed by atoms with E-state index in [1.807, 2.05) is 39.0 Å². The average Bonchev–Trinajstić information content (AvgIpc) is 3.44. The van der Waals surface area contributed by atoms with Crippen molar-refractivity contribution in [2.24, 2.45) is 26.7 Å². The molecule has 0 spiro atoms. The van der Waals surface area contributed by atoms with Gasteiger partial charge in [0, 0.05) is 5.56 Å². The largest absolute Gasteiger partial charge is 0.665 e. The molecule has 0 amide bonds. The topological polar surface area (TPSA) is 46.7 Å². The molecule has 9 rings (SSSR count). The predicted octanol–water partition coefficient (Wildman–Crippen LogP) is 11.7. The quantitative estimate of drug-likeness (QED) is 0.186. The number of benzene rings is 4. The van der Waals surface area contributed by atoms with Crippen molar-refractivity contribution in [3.8, 4) is 5.75 Å². The Bertz CT molecular complexity index is 1890. The van der Waals surface area contributed by atoms with Gasteiger partial charge in [-0.25, -0.2) is 0 Å². The average molecular weight is 750 g/mol. The molecule has 1 N–H and O–H groups in total. The van der Waals surface area contributed by atoms with Crippen LogP contribution in [0.1, 0.15) is 98.5 Å². The minimum Gasteiger partial charge on any atom is -0.665 e. The summed E-state index contributed by atoms with van der Waals surface area (Å²) in [6, 6.07) is 25.3. The van der Waals surface area contributed by atoms with Crippen LogP contribution in [0.25, 0.3) is 21.5 Å². The normalized spacial score (nSPS) is 22.0. The van der Waals surface area contributed by atoms with Crippen molar-refractivity contribution >= 4 is 25.9 Å². The van der Waals surface area contributed by atoms with Gasteiger partial charge >= 0.3 is 114 Å². The molecule has 5 aromatic rings. The van der Waals surface area contributed by atoms with Gasteiger partial charge in [0.15, 0.2) is 0 Å². The fourth-order valence-corrected chi connectivity index (χ4v) is 11.1. The smallest absolute Gasteiger partial charge is 0.122 e. The van der Waals surface area contributed by atoms with E-state index in [0.717, 1.165) is 58.5 Å². The molecule has 4 aromatic carbocycles. The molecule has 4 bridgehead atoms. The van der Waals surface area contributed by atoms with Crippen molar-refractivity contribution < 1.29 is 23.0 Å². The summed E-state index contributed by atoms with van der Waals surface area (Å²) in [5.41, 5.74) is 9.17. The van der Waals surface area contributed by atoms with Crippen molar-refractivity contribution in [3.05, 3.63) is 112 Å². The third-order valence-electron chi connectivity index (χ3n) is 11.2. The Balaban J connectivity index is 0.000000153. The molecule has 0 aliphatic heterocycles. The van der Waals surface area contributed by atoms with Crippen molar-refractivity contribution in [1.29, 1.82) is 0 Å². The Labute approximate surface area is 309 Å². The van der Waals surface area contributed by atoms with Gasteiger partial charge in [-0.1, -0.05) is 80.6 Å². The zero-order chi connectivity index (χ0) is 35.6. The van der Waals surface area contributed by atoms with E-state index >= 15 is 0 Å². The Morgan fingerprint density at radius 2 is 1.20 bits per heavy atom. The minimum absolute atomic E-state index is 0.214. The molecule has 4 aliphatic carbocycles. The van der Waals surface area contributed by atoms with Gasteiger partial charge < -0.3 is 10.1 Å². The monoisotopic (exact) mass is 751 g/mol. The van der Waals surface area contributed by atoms with Gasteiger partial charge in [0.2, 0.25) is 0 Å². The first-order chi connectivity index (χ1) is 23.8. The molecule has 0 saturated heterocycles. The molecule has 3 nitrogen and oxygen atoms in total. The predicted molar refractivity (Wildman–Crippen MR) is 209 cm³/mol. The van der Waals surface area contributed by atoms with E-state index in [1.165, 1.54) is 71.4 Å². The van der Waals surface area contributed by atoms with E-state index in [1.54, 1.807) is 0 Å². The molecule has 4 saturated carbocycles. The second-order valence-electron chi connectivity index (χ2n) is 16.8. The van der Waals surface area contributed by atoms with Gasteiger partial charge in [0.05, 0.1) is 0 Å². The van der Waals surface area contributed by atoms with Gasteiger partial charge in [0.1, 0.15) is 5.75 Å². The molecular weight excluding hydrogens is 692 g/mol. The molecule has 1 aromatic heterocycles. The van der Waals surface area contributed by atoms with Crippen LogP contribution in [0.2, 0.25) is 0 Å². The van der Waals surface area contributed by atoms with Crippen LogP contribution in [0.4, 0.5) is 0 Å². The number of hydrogen-bond acceptors (Lipinski definition) is 2. The maximum atomic E-state index is 10.7. The molecule has 4 heteroatoms. The number of nitrogens with zero attached hydrogens (tertiary/aromatic N) is 2. The van der Waals surface area contributed by atoms with Crippen LogP contribution >= 0.6 is 0 Å². The number of fused-ring (bicyclic) bond motifs is 2. The van der Waals surface area contributed by atoms with E-state index in [-0.39, 0.29) is 17.9 Å². The van der Waals surface area contributed by atoms with Gasteiger partial charge in [0.25, 0.3) is 0 Å². The number of aromatic nitrogens is 1. The Morgan fingerprint density at radius 3 is 1.70 bits per heavy atom. The first-order valence-electron chi connectivity index (χ1n) is 18.8. The summed E-state index contributed by atoms with van der Waals surface area (Å²) in [5, 5.41) is 15.7. The third-order valence-corrected chi connectivity index (χ3v) is 14.4. The van der Waals surface area contributed by atoms with Crippen LogP contribution in [0, 0.1) is 57.8 Å². The van der Waals surface area contributed by atoms with Crippen molar-refractivity contribution in [2.75, 3.05) is 0 Å². The van der Waals surface area contributed by atoms with Crippen LogP contribution in [-0.4, -0.2) is 15.0 Å². The van der Waals surface area contributed by atoms with Crippen molar-refractivity contribution in [3.63, 3.8) is 0 Å². The maximum absolute atomic E-state index is 10.7. The zero-order valence-corrected chi connectivity index (χ0v) is 33.7. The zero-order valence-electron chi connectivity index (χ0n) is 31.6. The summed E-state index contributed by atoms with van der Waals surface area (Å²) in [6.45, 7) is 17.3. The first kappa shape index (κ1) is 36.6. The number of phenolic OH excluding ortho intramolecular Hbond substituents is 1. The van der Waals surface area contributed by atoms with E-state index in [0.29, 0.717) is 16.7 Å². The molecule has 50 heavy (non-hydrogen) atoms. The molecule has 0 atom stereocenters. The number of phenols is 1. The standard InChI is InChI=1S/C25H24O.C10H15N.C6H8N.C5H10.Mo/c1-16-14-19-8-4-6-10-22(19)21(18(16)3)12-13-24-23-11-7-5-9-20(23)15-17(2)25(24)26;11-10-4-7-1-8(5-10)3-9(2-7)6-10;1-5-3-4-6(2)7-5;1-5(2,3)4;/h4-11,14-15,26H,12-13H2,1-3H3;7-9H,1-6H2;3-4H,1-2H3;1H,2-4H3;/q;;-1;;. The fourth-order valence-electron chi connectivity index (χ4n) is 9.14.